The van der Waals surface area contributed by atoms with Gasteiger partial charge in [-0.15, -0.1) is 0 Å². The first-order valence-corrected chi connectivity index (χ1v) is 4.91. The molecule has 0 aromatic heterocycles. The number of nitrogens with zero attached hydrogens (tertiary/aromatic N) is 1. The molecule has 5 nitrogen and oxygen atoms in total. The van der Waals surface area contributed by atoms with Crippen LogP contribution in [-0.2, 0) is 4.79 Å². The zero-order valence-electron chi connectivity index (χ0n) is 8.32. The Morgan fingerprint density at radius 1 is 1.57 bits per heavy atom. The molecule has 0 saturated carbocycles. The molecule has 1 rings (SSSR count). The average Bonchev–Trinajstić information content (AvgIpc) is 2.61. The van der Waals surface area contributed by atoms with Crippen molar-refractivity contribution in [2.24, 2.45) is 0 Å². The average molecular weight is 200 g/mol. The van der Waals surface area contributed by atoms with Crippen molar-refractivity contribution in [2.75, 3.05) is 13.1 Å². The highest BCUT2D eigenvalue weighted by molar-refractivity contribution is 5.80. The van der Waals surface area contributed by atoms with Crippen LogP contribution < -0.4 is 5.32 Å². The summed E-state index contributed by atoms with van der Waals surface area (Å²) in [5.74, 6) is -1.01. The summed E-state index contributed by atoms with van der Waals surface area (Å²) in [4.78, 5) is 23.4. The second kappa shape index (κ2) is 4.83. The summed E-state index contributed by atoms with van der Waals surface area (Å²) in [7, 11) is 0. The summed E-state index contributed by atoms with van der Waals surface area (Å²) in [6, 6.07) is 0.0283. The van der Waals surface area contributed by atoms with Crippen molar-refractivity contribution >= 4 is 12.0 Å². The van der Waals surface area contributed by atoms with E-state index < -0.39 is 5.97 Å². The van der Waals surface area contributed by atoms with Crippen LogP contribution in [0.4, 0.5) is 4.79 Å². The second-order valence-corrected chi connectivity index (χ2v) is 3.45. The predicted molar refractivity (Wildman–Crippen MR) is 51.1 cm³/mol. The largest absolute Gasteiger partial charge is 0.480 e. The molecule has 1 aliphatic heterocycles. The molecule has 1 fully saturated rings. The fraction of sp³-hybridized carbons (Fsp3) is 0.778. The van der Waals surface area contributed by atoms with Gasteiger partial charge in [0, 0.05) is 12.6 Å². The molecule has 0 radical (unpaired) electrons. The Hall–Kier alpha value is -1.26. The van der Waals surface area contributed by atoms with Crippen molar-refractivity contribution in [3.05, 3.63) is 0 Å². The summed E-state index contributed by atoms with van der Waals surface area (Å²) >= 11 is 0. The molecule has 0 aliphatic carbocycles. The molecular weight excluding hydrogens is 184 g/mol. The summed E-state index contributed by atoms with van der Waals surface area (Å²) in [5.41, 5.74) is 0. The van der Waals surface area contributed by atoms with Gasteiger partial charge in [0.1, 0.15) is 6.54 Å². The number of aliphatic carboxylic acids is 1. The molecule has 80 valence electrons. The molecule has 0 aromatic carbocycles. The molecule has 1 unspecified atom stereocenters. The third-order valence-electron chi connectivity index (χ3n) is 2.50. The van der Waals surface area contributed by atoms with E-state index in [0.717, 1.165) is 25.8 Å². The van der Waals surface area contributed by atoms with E-state index in [1.54, 1.807) is 4.90 Å². The quantitative estimate of drug-likeness (QED) is 0.703. The third kappa shape index (κ3) is 2.61. The molecule has 1 aliphatic rings. The topological polar surface area (TPSA) is 69.6 Å². The molecule has 14 heavy (non-hydrogen) atoms. The number of amides is 2. The second-order valence-electron chi connectivity index (χ2n) is 3.45. The first-order chi connectivity index (χ1) is 6.65. The van der Waals surface area contributed by atoms with Gasteiger partial charge in [-0.25, -0.2) is 4.79 Å². The van der Waals surface area contributed by atoms with E-state index in [-0.39, 0.29) is 18.6 Å². The van der Waals surface area contributed by atoms with Crippen LogP contribution in [0.25, 0.3) is 0 Å². The van der Waals surface area contributed by atoms with Gasteiger partial charge in [0.2, 0.25) is 0 Å². The zero-order chi connectivity index (χ0) is 10.6. The molecular formula is C9H16N2O3. The van der Waals surface area contributed by atoms with E-state index in [9.17, 15) is 9.59 Å². The molecule has 0 spiro atoms. The summed E-state index contributed by atoms with van der Waals surface area (Å²) in [6.45, 7) is 2.48. The van der Waals surface area contributed by atoms with Gasteiger partial charge in [0.25, 0.3) is 0 Å². The smallest absolute Gasteiger partial charge is 0.323 e. The Bertz CT molecular complexity index is 230. The molecule has 0 aromatic rings. The van der Waals surface area contributed by atoms with E-state index in [1.807, 2.05) is 6.92 Å². The Morgan fingerprint density at radius 2 is 2.29 bits per heavy atom. The maximum absolute atomic E-state index is 11.5. The van der Waals surface area contributed by atoms with E-state index in [4.69, 9.17) is 5.11 Å². The lowest BCUT2D eigenvalue weighted by molar-refractivity contribution is -0.135. The Balaban J connectivity index is 2.39. The van der Waals surface area contributed by atoms with Crippen molar-refractivity contribution in [2.45, 2.75) is 32.2 Å². The van der Waals surface area contributed by atoms with Gasteiger partial charge < -0.3 is 15.3 Å². The maximum Gasteiger partial charge on any atom is 0.323 e. The van der Waals surface area contributed by atoms with Gasteiger partial charge in [-0.1, -0.05) is 6.92 Å². The van der Waals surface area contributed by atoms with Crippen molar-refractivity contribution in [1.82, 2.24) is 10.2 Å². The lowest BCUT2D eigenvalue weighted by Gasteiger charge is -2.23. The highest BCUT2D eigenvalue weighted by Gasteiger charge is 2.26. The highest BCUT2D eigenvalue weighted by Crippen LogP contribution is 2.19. The minimum atomic E-state index is -1.01. The Morgan fingerprint density at radius 3 is 2.86 bits per heavy atom. The number of likely N-dealkylation sites (tertiary alicyclic amines) is 1. The van der Waals surface area contributed by atoms with Gasteiger partial charge in [0.05, 0.1) is 0 Å². The number of hydrogen-bond donors (Lipinski definition) is 2. The lowest BCUT2D eigenvalue weighted by Crippen LogP contribution is -2.44. The monoisotopic (exact) mass is 200 g/mol. The number of carbonyl (C=O) groups is 2. The number of carbonyl (C=O) groups excluding carboxylic acids is 1. The number of urea groups is 1. The SMILES string of the molecule is CCC1CCCN1C(=O)NCC(=O)O. The molecule has 5 heteroatoms. The van der Waals surface area contributed by atoms with Crippen LogP contribution in [0.15, 0.2) is 0 Å². The standard InChI is InChI=1S/C9H16N2O3/c1-2-7-4-3-5-11(7)9(14)10-6-8(12)13/h7H,2-6H2,1H3,(H,10,14)(H,12,13). The summed E-state index contributed by atoms with van der Waals surface area (Å²) in [5, 5.41) is 10.8. The maximum atomic E-state index is 11.5. The van der Waals surface area contributed by atoms with Crippen molar-refractivity contribution in [3.63, 3.8) is 0 Å². The minimum Gasteiger partial charge on any atom is -0.480 e. The number of carboxylic acids is 1. The van der Waals surface area contributed by atoms with Crippen LogP contribution in [0.3, 0.4) is 0 Å². The summed E-state index contributed by atoms with van der Waals surface area (Å²) in [6.07, 6.45) is 2.97. The fourth-order valence-corrected chi connectivity index (χ4v) is 1.78. The summed E-state index contributed by atoms with van der Waals surface area (Å²) < 4.78 is 0. The first kappa shape index (κ1) is 10.8. The highest BCUT2D eigenvalue weighted by atomic mass is 16.4. The Kier molecular flexibility index (Phi) is 3.73. The zero-order valence-corrected chi connectivity index (χ0v) is 8.32. The lowest BCUT2D eigenvalue weighted by atomic mass is 10.2. The molecule has 1 saturated heterocycles. The van der Waals surface area contributed by atoms with Crippen molar-refractivity contribution < 1.29 is 14.7 Å². The number of rotatable bonds is 3. The minimum absolute atomic E-state index is 0.253. The van der Waals surface area contributed by atoms with Crippen LogP contribution in [0.2, 0.25) is 0 Å². The molecule has 2 N–H and O–H groups in total. The molecule has 0 bridgehead atoms. The van der Waals surface area contributed by atoms with Crippen LogP contribution in [0.5, 0.6) is 0 Å². The van der Waals surface area contributed by atoms with Gasteiger partial charge in [-0.3, -0.25) is 4.79 Å². The van der Waals surface area contributed by atoms with Crippen LogP contribution >= 0.6 is 0 Å². The normalized spacial score (nSPS) is 20.9. The number of hydrogen-bond acceptors (Lipinski definition) is 2. The van der Waals surface area contributed by atoms with E-state index in [2.05, 4.69) is 5.32 Å². The predicted octanol–water partition coefficient (Wildman–Crippen LogP) is 0.655. The Labute approximate surface area is 83.1 Å². The van der Waals surface area contributed by atoms with E-state index >= 15 is 0 Å². The molecule has 1 atom stereocenters. The van der Waals surface area contributed by atoms with Crippen LogP contribution in [0, 0.1) is 0 Å². The molecule has 1 heterocycles. The van der Waals surface area contributed by atoms with Crippen molar-refractivity contribution in [1.29, 1.82) is 0 Å². The first-order valence-electron chi connectivity index (χ1n) is 4.91. The third-order valence-corrected chi connectivity index (χ3v) is 2.50. The van der Waals surface area contributed by atoms with Gasteiger partial charge in [-0.2, -0.15) is 0 Å². The number of carboxylic acid groups (broad SMARTS) is 1. The van der Waals surface area contributed by atoms with E-state index in [1.165, 1.54) is 0 Å². The van der Waals surface area contributed by atoms with Crippen molar-refractivity contribution in [3.8, 4) is 0 Å². The van der Waals surface area contributed by atoms with Crippen LogP contribution in [-0.4, -0.2) is 41.1 Å². The fourth-order valence-electron chi connectivity index (χ4n) is 1.78. The van der Waals surface area contributed by atoms with Crippen LogP contribution in [0.1, 0.15) is 26.2 Å². The van der Waals surface area contributed by atoms with Gasteiger partial charge in [-0.05, 0) is 19.3 Å². The molecule has 2 amide bonds. The van der Waals surface area contributed by atoms with Gasteiger partial charge in [0.15, 0.2) is 0 Å². The number of nitrogens with one attached hydrogen (secondary N) is 1. The van der Waals surface area contributed by atoms with E-state index in [0.29, 0.717) is 0 Å². The van der Waals surface area contributed by atoms with Gasteiger partial charge >= 0.3 is 12.0 Å².